The Labute approximate surface area is 126 Å². The molecule has 1 rings (SSSR count). The highest BCUT2D eigenvalue weighted by Crippen LogP contribution is 2.23. The van der Waals surface area contributed by atoms with Crippen molar-refractivity contribution < 1.29 is 14.6 Å². The van der Waals surface area contributed by atoms with Gasteiger partial charge in [-0.2, -0.15) is 0 Å². The third kappa shape index (κ3) is 6.04. The average Bonchev–Trinajstić information content (AvgIpc) is 2.43. The van der Waals surface area contributed by atoms with Gasteiger partial charge in [0.1, 0.15) is 5.75 Å². The van der Waals surface area contributed by atoms with Gasteiger partial charge in [-0.15, -0.1) is 0 Å². The number of aliphatic carboxylic acids is 1. The van der Waals surface area contributed by atoms with Crippen LogP contribution in [0.2, 0.25) is 0 Å². The van der Waals surface area contributed by atoms with E-state index in [1.165, 1.54) is 0 Å². The van der Waals surface area contributed by atoms with Gasteiger partial charge in [-0.25, -0.2) is 0 Å². The highest BCUT2D eigenvalue weighted by Gasteiger charge is 2.12. The van der Waals surface area contributed by atoms with Crippen LogP contribution in [0, 0.1) is 0 Å². The van der Waals surface area contributed by atoms with E-state index in [-0.39, 0.29) is 12.5 Å². The van der Waals surface area contributed by atoms with Gasteiger partial charge in [0.25, 0.3) is 0 Å². The number of nitrogens with two attached hydrogens (primary N) is 1. The van der Waals surface area contributed by atoms with Crippen LogP contribution in [0.4, 0.5) is 5.69 Å². The van der Waals surface area contributed by atoms with Gasteiger partial charge in [0, 0.05) is 12.6 Å². The van der Waals surface area contributed by atoms with Gasteiger partial charge < -0.3 is 20.5 Å². The lowest BCUT2D eigenvalue weighted by atomic mass is 10.0. The largest absolute Gasteiger partial charge is 0.491 e. The molecule has 1 aromatic carbocycles. The Balaban J connectivity index is 2.57. The predicted octanol–water partition coefficient (Wildman–Crippen LogP) is 2.40. The molecule has 5 heteroatoms. The molecule has 1 aromatic rings. The van der Waals surface area contributed by atoms with E-state index in [4.69, 9.17) is 15.6 Å². The summed E-state index contributed by atoms with van der Waals surface area (Å²) in [6.07, 6.45) is 1.94. The molecular formula is C16H26N2O3. The molecule has 1 atom stereocenters. The first-order chi connectivity index (χ1) is 9.93. The van der Waals surface area contributed by atoms with Crippen LogP contribution in [0.1, 0.15) is 32.3 Å². The fraction of sp³-hybridized carbons (Fsp3) is 0.562. The molecule has 0 amide bonds. The molecule has 0 aliphatic heterocycles. The molecule has 0 heterocycles. The van der Waals surface area contributed by atoms with Crippen LogP contribution in [0.3, 0.4) is 0 Å². The number of likely N-dealkylation sites (N-methyl/N-ethyl adjacent to an activating group) is 1. The fourth-order valence-electron chi connectivity index (χ4n) is 2.06. The molecule has 0 aliphatic carbocycles. The van der Waals surface area contributed by atoms with Gasteiger partial charge >= 0.3 is 5.97 Å². The number of hydrogen-bond acceptors (Lipinski definition) is 4. The van der Waals surface area contributed by atoms with Crippen molar-refractivity contribution in [1.29, 1.82) is 0 Å². The lowest BCUT2D eigenvalue weighted by Crippen LogP contribution is -2.32. The Morgan fingerprint density at radius 2 is 2.19 bits per heavy atom. The molecule has 0 saturated heterocycles. The molecule has 118 valence electrons. The molecule has 0 bridgehead atoms. The molecule has 0 spiro atoms. The number of anilines is 1. The maximum Gasteiger partial charge on any atom is 0.304 e. The molecule has 1 unspecified atom stereocenters. The number of hydrogen-bond donors (Lipinski definition) is 2. The SMILES string of the molecule is CCCOc1ccc(CC(C)N(C)CCC(=O)O)cc1N. The third-order valence-corrected chi connectivity index (χ3v) is 3.50. The van der Waals surface area contributed by atoms with Crippen molar-refractivity contribution in [2.45, 2.75) is 39.2 Å². The summed E-state index contributed by atoms with van der Waals surface area (Å²) in [6.45, 7) is 5.35. The van der Waals surface area contributed by atoms with Gasteiger partial charge in [0.15, 0.2) is 0 Å². The van der Waals surface area contributed by atoms with E-state index in [0.717, 1.165) is 24.2 Å². The first-order valence-electron chi connectivity index (χ1n) is 7.37. The first-order valence-corrected chi connectivity index (χ1v) is 7.37. The number of benzene rings is 1. The van der Waals surface area contributed by atoms with E-state index < -0.39 is 5.97 Å². The first kappa shape index (κ1) is 17.3. The number of nitrogens with zero attached hydrogens (tertiary/aromatic N) is 1. The number of carboxylic acid groups (broad SMARTS) is 1. The van der Waals surface area contributed by atoms with Crippen molar-refractivity contribution in [2.24, 2.45) is 0 Å². The molecule has 0 fully saturated rings. The van der Waals surface area contributed by atoms with Crippen LogP contribution in [0.15, 0.2) is 18.2 Å². The summed E-state index contributed by atoms with van der Waals surface area (Å²) in [5.41, 5.74) is 7.78. The van der Waals surface area contributed by atoms with Crippen LogP contribution in [0.25, 0.3) is 0 Å². The monoisotopic (exact) mass is 294 g/mol. The van der Waals surface area contributed by atoms with E-state index in [1.54, 1.807) is 0 Å². The highest BCUT2D eigenvalue weighted by molar-refractivity contribution is 5.66. The Hall–Kier alpha value is -1.75. The molecule has 21 heavy (non-hydrogen) atoms. The molecule has 5 nitrogen and oxygen atoms in total. The van der Waals surface area contributed by atoms with Crippen molar-refractivity contribution in [1.82, 2.24) is 4.90 Å². The zero-order chi connectivity index (χ0) is 15.8. The number of ether oxygens (including phenoxy) is 1. The second kappa shape index (κ2) is 8.52. The van der Waals surface area contributed by atoms with Gasteiger partial charge in [-0.05, 0) is 44.5 Å². The van der Waals surface area contributed by atoms with E-state index in [9.17, 15) is 4.79 Å². The molecule has 0 aliphatic rings. The maximum absolute atomic E-state index is 10.6. The summed E-state index contributed by atoms with van der Waals surface area (Å²) < 4.78 is 5.56. The minimum Gasteiger partial charge on any atom is -0.491 e. The second-order valence-electron chi connectivity index (χ2n) is 5.40. The minimum absolute atomic E-state index is 0.159. The van der Waals surface area contributed by atoms with Crippen molar-refractivity contribution in [3.63, 3.8) is 0 Å². The maximum atomic E-state index is 10.6. The Morgan fingerprint density at radius 1 is 1.48 bits per heavy atom. The molecule has 0 aromatic heterocycles. The van der Waals surface area contributed by atoms with Crippen molar-refractivity contribution in [3.8, 4) is 5.75 Å². The van der Waals surface area contributed by atoms with E-state index >= 15 is 0 Å². The second-order valence-corrected chi connectivity index (χ2v) is 5.40. The van der Waals surface area contributed by atoms with Gasteiger partial charge in [0.05, 0.1) is 18.7 Å². The van der Waals surface area contributed by atoms with E-state index in [0.29, 0.717) is 18.8 Å². The predicted molar refractivity (Wildman–Crippen MR) is 84.7 cm³/mol. The van der Waals surface area contributed by atoms with Crippen molar-refractivity contribution >= 4 is 11.7 Å². The van der Waals surface area contributed by atoms with Crippen molar-refractivity contribution in [3.05, 3.63) is 23.8 Å². The summed E-state index contributed by atoms with van der Waals surface area (Å²) in [5, 5.41) is 8.71. The third-order valence-electron chi connectivity index (χ3n) is 3.50. The number of carbonyl (C=O) groups is 1. The topological polar surface area (TPSA) is 75.8 Å². The number of rotatable bonds is 9. The van der Waals surface area contributed by atoms with E-state index in [2.05, 4.69) is 13.8 Å². The van der Waals surface area contributed by atoms with Crippen molar-refractivity contribution in [2.75, 3.05) is 25.9 Å². The van der Waals surface area contributed by atoms with Gasteiger partial charge in [0.2, 0.25) is 0 Å². The Kier molecular flexibility index (Phi) is 7.02. The summed E-state index contributed by atoms with van der Waals surface area (Å²) in [6, 6.07) is 6.12. The standard InChI is InChI=1S/C16H26N2O3/c1-4-9-21-15-6-5-13(11-14(15)17)10-12(2)18(3)8-7-16(19)20/h5-6,11-12H,4,7-10,17H2,1-3H3,(H,19,20). The van der Waals surface area contributed by atoms with Crippen LogP contribution in [-0.4, -0.2) is 42.2 Å². The normalized spacial score (nSPS) is 12.4. The van der Waals surface area contributed by atoms with Crippen LogP contribution >= 0.6 is 0 Å². The summed E-state index contributed by atoms with van der Waals surface area (Å²) in [4.78, 5) is 12.6. The molecular weight excluding hydrogens is 268 g/mol. The quantitative estimate of drug-likeness (QED) is 0.684. The Bertz CT molecular complexity index is 463. The highest BCUT2D eigenvalue weighted by atomic mass is 16.5. The summed E-state index contributed by atoms with van der Waals surface area (Å²) in [5.74, 6) is -0.0387. The van der Waals surface area contributed by atoms with Gasteiger partial charge in [-0.1, -0.05) is 13.0 Å². The van der Waals surface area contributed by atoms with E-state index in [1.807, 2.05) is 30.1 Å². The summed E-state index contributed by atoms with van der Waals surface area (Å²) in [7, 11) is 1.94. The lowest BCUT2D eigenvalue weighted by Gasteiger charge is -2.24. The van der Waals surface area contributed by atoms with Crippen LogP contribution < -0.4 is 10.5 Å². The lowest BCUT2D eigenvalue weighted by molar-refractivity contribution is -0.137. The Morgan fingerprint density at radius 3 is 2.76 bits per heavy atom. The smallest absolute Gasteiger partial charge is 0.304 e. The molecule has 0 radical (unpaired) electrons. The number of nitrogen functional groups attached to an aromatic ring is 1. The fourth-order valence-corrected chi connectivity index (χ4v) is 2.06. The zero-order valence-electron chi connectivity index (χ0n) is 13.1. The van der Waals surface area contributed by atoms with Crippen LogP contribution in [0.5, 0.6) is 5.75 Å². The summed E-state index contributed by atoms with van der Waals surface area (Å²) >= 11 is 0. The zero-order valence-corrected chi connectivity index (χ0v) is 13.1. The van der Waals surface area contributed by atoms with Crippen LogP contribution in [-0.2, 0) is 11.2 Å². The minimum atomic E-state index is -0.768. The van der Waals surface area contributed by atoms with Gasteiger partial charge in [-0.3, -0.25) is 4.79 Å². The molecule has 0 saturated carbocycles. The number of carboxylic acids is 1. The average molecular weight is 294 g/mol. The molecule has 3 N–H and O–H groups in total.